The summed E-state index contributed by atoms with van der Waals surface area (Å²) in [6.07, 6.45) is 1.43. The summed E-state index contributed by atoms with van der Waals surface area (Å²) in [6, 6.07) is 7.50. The van der Waals surface area contributed by atoms with E-state index in [4.69, 9.17) is 8.94 Å². The number of nitrogens with one attached hydrogen (secondary N) is 1. The molecule has 1 amide bonds. The number of benzene rings is 1. The van der Waals surface area contributed by atoms with Crippen molar-refractivity contribution in [3.8, 4) is 0 Å². The van der Waals surface area contributed by atoms with Gasteiger partial charge in [0.2, 0.25) is 5.58 Å². The Kier molecular flexibility index (Phi) is 2.33. The highest BCUT2D eigenvalue weighted by atomic mass is 19.1. The number of carbonyl (C=O) groups excluding carboxylic acids is 1. The SMILES string of the molecule is O=C(Nc1ccco1)c1noc2c(F)cccc12. The molecule has 1 aromatic carbocycles. The number of rotatable bonds is 2. The van der Waals surface area contributed by atoms with Crippen molar-refractivity contribution < 1.29 is 18.1 Å². The molecular formula is C12H7FN2O3. The number of hydrogen-bond acceptors (Lipinski definition) is 4. The molecule has 2 aromatic heterocycles. The Hall–Kier alpha value is -2.63. The summed E-state index contributed by atoms with van der Waals surface area (Å²) >= 11 is 0. The normalized spacial score (nSPS) is 10.7. The van der Waals surface area contributed by atoms with Crippen LogP contribution in [0.1, 0.15) is 10.5 Å². The average Bonchev–Trinajstić information content (AvgIpc) is 2.98. The van der Waals surface area contributed by atoms with Gasteiger partial charge in [0.05, 0.1) is 11.6 Å². The Morgan fingerprint density at radius 1 is 1.28 bits per heavy atom. The van der Waals surface area contributed by atoms with Crippen molar-refractivity contribution in [3.63, 3.8) is 0 Å². The molecule has 1 N–H and O–H groups in total. The number of carbonyl (C=O) groups is 1. The fourth-order valence-electron chi connectivity index (χ4n) is 1.61. The molecule has 5 nitrogen and oxygen atoms in total. The summed E-state index contributed by atoms with van der Waals surface area (Å²) in [6.45, 7) is 0. The van der Waals surface area contributed by atoms with E-state index in [2.05, 4.69) is 10.5 Å². The number of para-hydroxylation sites is 1. The number of nitrogens with zero attached hydrogens (tertiary/aromatic N) is 1. The van der Waals surface area contributed by atoms with Gasteiger partial charge in [0.25, 0.3) is 5.91 Å². The van der Waals surface area contributed by atoms with Crippen LogP contribution in [0.2, 0.25) is 0 Å². The minimum absolute atomic E-state index is 0.0147. The number of fused-ring (bicyclic) bond motifs is 1. The zero-order valence-corrected chi connectivity index (χ0v) is 9.01. The van der Waals surface area contributed by atoms with Gasteiger partial charge in [-0.05, 0) is 18.2 Å². The quantitative estimate of drug-likeness (QED) is 0.754. The van der Waals surface area contributed by atoms with E-state index >= 15 is 0 Å². The Morgan fingerprint density at radius 3 is 2.94 bits per heavy atom. The molecule has 18 heavy (non-hydrogen) atoms. The van der Waals surface area contributed by atoms with Gasteiger partial charge in [-0.2, -0.15) is 0 Å². The third-order valence-corrected chi connectivity index (χ3v) is 2.42. The van der Waals surface area contributed by atoms with Crippen LogP contribution in [0.15, 0.2) is 45.5 Å². The van der Waals surface area contributed by atoms with E-state index in [1.807, 2.05) is 0 Å². The second-order valence-electron chi connectivity index (χ2n) is 3.58. The van der Waals surface area contributed by atoms with Gasteiger partial charge in [-0.15, -0.1) is 0 Å². The molecule has 0 bridgehead atoms. The third kappa shape index (κ3) is 1.64. The maximum atomic E-state index is 13.4. The van der Waals surface area contributed by atoms with Crippen molar-refractivity contribution in [1.29, 1.82) is 0 Å². The third-order valence-electron chi connectivity index (χ3n) is 2.42. The predicted molar refractivity (Wildman–Crippen MR) is 60.6 cm³/mol. The highest BCUT2D eigenvalue weighted by Crippen LogP contribution is 2.22. The van der Waals surface area contributed by atoms with Crippen LogP contribution in [0.25, 0.3) is 11.0 Å². The topological polar surface area (TPSA) is 68.3 Å². The fourth-order valence-corrected chi connectivity index (χ4v) is 1.61. The molecule has 0 unspecified atom stereocenters. The summed E-state index contributed by atoms with van der Waals surface area (Å²) in [4.78, 5) is 11.9. The summed E-state index contributed by atoms with van der Waals surface area (Å²) in [5.41, 5.74) is -0.0250. The van der Waals surface area contributed by atoms with Crippen LogP contribution < -0.4 is 5.32 Å². The van der Waals surface area contributed by atoms with Crippen LogP contribution >= 0.6 is 0 Å². The molecule has 0 aliphatic heterocycles. The highest BCUT2D eigenvalue weighted by molar-refractivity contribution is 6.10. The van der Waals surface area contributed by atoms with E-state index in [1.165, 1.54) is 18.4 Å². The lowest BCUT2D eigenvalue weighted by Crippen LogP contribution is -2.11. The number of halogens is 1. The minimum atomic E-state index is -0.558. The van der Waals surface area contributed by atoms with Crippen molar-refractivity contribution in [2.24, 2.45) is 0 Å². The van der Waals surface area contributed by atoms with Gasteiger partial charge < -0.3 is 8.94 Å². The van der Waals surface area contributed by atoms with Crippen molar-refractivity contribution in [2.75, 3.05) is 5.32 Å². The first-order valence-electron chi connectivity index (χ1n) is 5.14. The first-order chi connectivity index (χ1) is 8.75. The molecule has 0 fully saturated rings. The molecule has 6 heteroatoms. The molecule has 0 atom stereocenters. The Labute approximate surface area is 100 Å². The maximum Gasteiger partial charge on any atom is 0.280 e. The number of aromatic nitrogens is 1. The van der Waals surface area contributed by atoms with Crippen LogP contribution in [0.4, 0.5) is 10.3 Å². The second-order valence-corrected chi connectivity index (χ2v) is 3.58. The molecule has 2 heterocycles. The van der Waals surface area contributed by atoms with Crippen LogP contribution in [-0.2, 0) is 0 Å². The summed E-state index contributed by atoms with van der Waals surface area (Å²) in [7, 11) is 0. The fraction of sp³-hybridized carbons (Fsp3) is 0. The molecule has 0 aliphatic carbocycles. The van der Waals surface area contributed by atoms with Gasteiger partial charge in [-0.3, -0.25) is 10.1 Å². The van der Waals surface area contributed by atoms with Gasteiger partial charge >= 0.3 is 0 Å². The molecule has 0 aliphatic rings. The second kappa shape index (κ2) is 3.99. The number of furan rings is 1. The molecule has 3 aromatic rings. The van der Waals surface area contributed by atoms with Gasteiger partial charge in [0, 0.05) is 6.07 Å². The van der Waals surface area contributed by atoms with Crippen molar-refractivity contribution >= 4 is 22.8 Å². The molecule has 0 spiro atoms. The van der Waals surface area contributed by atoms with Crippen molar-refractivity contribution in [1.82, 2.24) is 5.16 Å². The number of hydrogen-bond donors (Lipinski definition) is 1. The van der Waals surface area contributed by atoms with Crippen LogP contribution in [0.5, 0.6) is 0 Å². The Morgan fingerprint density at radius 2 is 2.17 bits per heavy atom. The van der Waals surface area contributed by atoms with Gasteiger partial charge in [0.1, 0.15) is 0 Å². The molecule has 0 radical (unpaired) electrons. The van der Waals surface area contributed by atoms with Gasteiger partial charge in [0.15, 0.2) is 17.4 Å². The molecule has 0 saturated carbocycles. The van der Waals surface area contributed by atoms with Crippen LogP contribution in [-0.4, -0.2) is 11.1 Å². The minimum Gasteiger partial charge on any atom is -0.449 e. The lowest BCUT2D eigenvalue weighted by atomic mass is 10.2. The molecular weight excluding hydrogens is 239 g/mol. The van der Waals surface area contributed by atoms with E-state index < -0.39 is 11.7 Å². The average molecular weight is 246 g/mol. The largest absolute Gasteiger partial charge is 0.449 e. The van der Waals surface area contributed by atoms with Crippen LogP contribution in [0, 0.1) is 5.82 Å². The van der Waals surface area contributed by atoms with E-state index in [9.17, 15) is 9.18 Å². The Bertz CT molecular complexity index is 703. The van der Waals surface area contributed by atoms with Gasteiger partial charge in [-0.1, -0.05) is 11.2 Å². The summed E-state index contributed by atoms with van der Waals surface area (Å²) < 4.78 is 23.1. The molecule has 90 valence electrons. The summed E-state index contributed by atoms with van der Waals surface area (Å²) in [5.74, 6) is -0.793. The van der Waals surface area contributed by atoms with Gasteiger partial charge in [-0.25, -0.2) is 4.39 Å². The lowest BCUT2D eigenvalue weighted by Gasteiger charge is -1.97. The maximum absolute atomic E-state index is 13.4. The summed E-state index contributed by atoms with van der Waals surface area (Å²) in [5, 5.41) is 6.37. The monoisotopic (exact) mass is 246 g/mol. The Balaban J connectivity index is 1.99. The van der Waals surface area contributed by atoms with Crippen LogP contribution in [0.3, 0.4) is 0 Å². The first-order valence-corrected chi connectivity index (χ1v) is 5.14. The number of anilines is 1. The predicted octanol–water partition coefficient (Wildman–Crippen LogP) is 2.81. The zero-order valence-electron chi connectivity index (χ0n) is 9.01. The standard InChI is InChI=1S/C12H7FN2O3/c13-8-4-1-3-7-10(15-18-11(7)8)12(16)14-9-5-2-6-17-9/h1-6H,(H,14,16). The smallest absolute Gasteiger partial charge is 0.280 e. The molecule has 0 saturated heterocycles. The van der Waals surface area contributed by atoms with E-state index in [-0.39, 0.29) is 17.2 Å². The van der Waals surface area contributed by atoms with E-state index in [0.717, 1.165) is 0 Å². The van der Waals surface area contributed by atoms with Crippen molar-refractivity contribution in [2.45, 2.75) is 0 Å². The van der Waals surface area contributed by atoms with E-state index in [1.54, 1.807) is 18.2 Å². The van der Waals surface area contributed by atoms with E-state index in [0.29, 0.717) is 5.39 Å². The lowest BCUT2D eigenvalue weighted by molar-refractivity contribution is 0.101. The highest BCUT2D eigenvalue weighted by Gasteiger charge is 2.18. The zero-order chi connectivity index (χ0) is 12.5. The number of amides is 1. The first kappa shape index (κ1) is 10.5. The molecule has 3 rings (SSSR count). The van der Waals surface area contributed by atoms with Crippen molar-refractivity contribution in [3.05, 3.63) is 48.1 Å².